The molecule has 33 heavy (non-hydrogen) atoms. The molecule has 0 aliphatic carbocycles. The molecule has 1 fully saturated rings. The first-order valence-electron chi connectivity index (χ1n) is 10.1. The van der Waals surface area contributed by atoms with Gasteiger partial charge in [0.15, 0.2) is 0 Å². The molecule has 0 spiro atoms. The van der Waals surface area contributed by atoms with Crippen LogP contribution in [0.5, 0.6) is 0 Å². The van der Waals surface area contributed by atoms with Crippen LogP contribution < -0.4 is 5.32 Å². The van der Waals surface area contributed by atoms with E-state index in [-0.39, 0.29) is 23.9 Å². The molecule has 164 valence electrons. The smallest absolute Gasteiger partial charge is 0.325 e. The third-order valence-corrected chi connectivity index (χ3v) is 5.70. The van der Waals surface area contributed by atoms with E-state index in [9.17, 15) is 19.7 Å². The fourth-order valence-corrected chi connectivity index (χ4v) is 3.99. The molecule has 1 saturated heterocycles. The molecule has 0 bridgehead atoms. The number of rotatable bonds is 5. The molecular weight excluding hydrogens is 426 g/mol. The Kier molecular flexibility index (Phi) is 4.63. The van der Waals surface area contributed by atoms with Gasteiger partial charge in [-0.05, 0) is 35.4 Å². The number of hydrogen-bond acceptors (Lipinski definition) is 7. The molecule has 1 N–H and O–H groups in total. The van der Waals surface area contributed by atoms with Crippen LogP contribution in [-0.2, 0) is 16.9 Å². The molecule has 0 radical (unpaired) electrons. The van der Waals surface area contributed by atoms with E-state index in [1.807, 2.05) is 42.5 Å². The van der Waals surface area contributed by atoms with Crippen molar-refractivity contribution in [2.75, 3.05) is 0 Å². The summed E-state index contributed by atoms with van der Waals surface area (Å²) >= 11 is 0. The van der Waals surface area contributed by atoms with E-state index in [1.165, 1.54) is 24.3 Å². The minimum Gasteiger partial charge on any atom is -0.337 e. The van der Waals surface area contributed by atoms with Gasteiger partial charge < -0.3 is 9.84 Å². The summed E-state index contributed by atoms with van der Waals surface area (Å²) in [4.78, 5) is 41.7. The second-order valence-electron chi connectivity index (χ2n) is 7.79. The minimum absolute atomic E-state index is 0.0606. The number of nitro benzene ring substituents is 1. The van der Waals surface area contributed by atoms with Gasteiger partial charge in [-0.2, -0.15) is 4.98 Å². The predicted molar refractivity (Wildman–Crippen MR) is 117 cm³/mol. The van der Waals surface area contributed by atoms with Crippen LogP contribution in [0.15, 0.2) is 71.3 Å². The monoisotopic (exact) mass is 443 g/mol. The predicted octanol–water partition coefficient (Wildman–Crippen LogP) is 3.77. The number of fused-ring (bicyclic) bond motifs is 1. The van der Waals surface area contributed by atoms with Gasteiger partial charge in [0.2, 0.25) is 11.7 Å². The molecule has 0 saturated carbocycles. The molecule has 10 heteroatoms. The lowest BCUT2D eigenvalue weighted by atomic mass is 9.88. The molecule has 1 aromatic heterocycles. The molecule has 2 heterocycles. The molecule has 1 aliphatic heterocycles. The molecule has 10 nitrogen and oxygen atoms in total. The zero-order valence-electron chi connectivity index (χ0n) is 17.4. The third kappa shape index (κ3) is 3.37. The van der Waals surface area contributed by atoms with Gasteiger partial charge in [0.05, 0.1) is 4.92 Å². The fraction of sp³-hybridized carbons (Fsp3) is 0.130. The highest BCUT2D eigenvalue weighted by atomic mass is 16.6. The number of urea groups is 1. The molecule has 4 aromatic rings. The number of carbonyl (C=O) groups excluding carboxylic acids is 2. The maximum absolute atomic E-state index is 13.4. The van der Waals surface area contributed by atoms with Crippen molar-refractivity contribution < 1.29 is 19.0 Å². The summed E-state index contributed by atoms with van der Waals surface area (Å²) in [6, 6.07) is 18.4. The van der Waals surface area contributed by atoms with Crippen LogP contribution >= 0.6 is 0 Å². The highest BCUT2D eigenvalue weighted by Gasteiger charge is 2.50. The van der Waals surface area contributed by atoms with Crippen molar-refractivity contribution in [1.29, 1.82) is 0 Å². The van der Waals surface area contributed by atoms with Gasteiger partial charge in [0.25, 0.3) is 11.6 Å². The van der Waals surface area contributed by atoms with Gasteiger partial charge in [-0.3, -0.25) is 19.8 Å². The van der Waals surface area contributed by atoms with Crippen molar-refractivity contribution >= 4 is 28.4 Å². The van der Waals surface area contributed by atoms with E-state index >= 15 is 0 Å². The van der Waals surface area contributed by atoms with Crippen molar-refractivity contribution in [2.45, 2.75) is 19.0 Å². The largest absolute Gasteiger partial charge is 0.337 e. The van der Waals surface area contributed by atoms with Crippen LogP contribution in [-0.4, -0.2) is 31.9 Å². The first-order chi connectivity index (χ1) is 15.9. The summed E-state index contributed by atoms with van der Waals surface area (Å²) in [6.07, 6.45) is 0. The molecule has 3 amide bonds. The topological polar surface area (TPSA) is 131 Å². The van der Waals surface area contributed by atoms with Crippen LogP contribution in [0, 0.1) is 10.1 Å². The van der Waals surface area contributed by atoms with E-state index in [0.717, 1.165) is 15.7 Å². The van der Waals surface area contributed by atoms with E-state index in [4.69, 9.17) is 4.52 Å². The zero-order chi connectivity index (χ0) is 23.2. The number of carbonyl (C=O) groups is 2. The lowest BCUT2D eigenvalue weighted by Gasteiger charge is -2.23. The lowest BCUT2D eigenvalue weighted by molar-refractivity contribution is -0.384. The number of nitrogens with one attached hydrogen (secondary N) is 1. The molecule has 1 unspecified atom stereocenters. The maximum Gasteiger partial charge on any atom is 0.325 e. The Bertz CT molecular complexity index is 1410. The van der Waals surface area contributed by atoms with Gasteiger partial charge in [0, 0.05) is 17.7 Å². The van der Waals surface area contributed by atoms with Crippen molar-refractivity contribution in [1.82, 2.24) is 20.4 Å². The maximum atomic E-state index is 13.4. The Balaban J connectivity index is 1.41. The van der Waals surface area contributed by atoms with Crippen LogP contribution in [0.1, 0.15) is 18.4 Å². The fourth-order valence-electron chi connectivity index (χ4n) is 3.99. The number of aromatic nitrogens is 2. The number of imide groups is 1. The lowest BCUT2D eigenvalue weighted by Crippen LogP contribution is -2.41. The van der Waals surface area contributed by atoms with Gasteiger partial charge in [-0.1, -0.05) is 47.6 Å². The Morgan fingerprint density at radius 2 is 1.79 bits per heavy atom. The molecule has 1 atom stereocenters. The van der Waals surface area contributed by atoms with Crippen LogP contribution in [0.2, 0.25) is 0 Å². The zero-order valence-corrected chi connectivity index (χ0v) is 17.4. The van der Waals surface area contributed by atoms with Gasteiger partial charge in [-0.15, -0.1) is 0 Å². The summed E-state index contributed by atoms with van der Waals surface area (Å²) in [5, 5.41) is 19.3. The summed E-state index contributed by atoms with van der Waals surface area (Å²) in [7, 11) is 0. The second kappa shape index (κ2) is 7.52. The third-order valence-electron chi connectivity index (χ3n) is 5.70. The molecule has 1 aliphatic rings. The second-order valence-corrected chi connectivity index (χ2v) is 7.79. The van der Waals surface area contributed by atoms with Crippen LogP contribution in [0.3, 0.4) is 0 Å². The Morgan fingerprint density at radius 3 is 2.55 bits per heavy atom. The number of hydrogen-bond donors (Lipinski definition) is 1. The summed E-state index contributed by atoms with van der Waals surface area (Å²) in [5.41, 5.74) is -0.111. The average molecular weight is 443 g/mol. The van der Waals surface area contributed by atoms with Crippen LogP contribution in [0.25, 0.3) is 22.2 Å². The molecule has 3 aromatic carbocycles. The van der Waals surface area contributed by atoms with Crippen LogP contribution in [0.4, 0.5) is 10.5 Å². The van der Waals surface area contributed by atoms with Crippen molar-refractivity contribution in [3.8, 4) is 11.4 Å². The Morgan fingerprint density at radius 1 is 1.06 bits per heavy atom. The summed E-state index contributed by atoms with van der Waals surface area (Å²) < 4.78 is 5.23. The first kappa shape index (κ1) is 20.3. The number of non-ortho nitro benzene ring substituents is 1. The normalized spacial score (nSPS) is 18.0. The minimum atomic E-state index is -1.25. The molecule has 5 rings (SSSR count). The number of nitro groups is 1. The summed E-state index contributed by atoms with van der Waals surface area (Å²) in [6.45, 7) is 1.47. The SMILES string of the molecule is CC1(c2cccc3ccccc23)NC(=O)N(Cc2nc(-c3ccc([N+](=O)[O-])cc3)no2)C1=O. The Labute approximate surface area is 187 Å². The Hall–Kier alpha value is -4.60. The summed E-state index contributed by atoms with van der Waals surface area (Å²) in [5.74, 6) is -0.170. The quantitative estimate of drug-likeness (QED) is 0.282. The van der Waals surface area contributed by atoms with Gasteiger partial charge in [-0.25, -0.2) is 4.79 Å². The van der Waals surface area contributed by atoms with Crippen molar-refractivity contribution in [3.05, 3.63) is 88.3 Å². The van der Waals surface area contributed by atoms with Gasteiger partial charge in [0.1, 0.15) is 12.1 Å². The van der Waals surface area contributed by atoms with E-state index in [0.29, 0.717) is 11.1 Å². The van der Waals surface area contributed by atoms with E-state index in [1.54, 1.807) is 6.92 Å². The number of amides is 3. The highest BCUT2D eigenvalue weighted by Crippen LogP contribution is 2.34. The van der Waals surface area contributed by atoms with Crippen molar-refractivity contribution in [2.24, 2.45) is 0 Å². The number of nitrogens with zero attached hydrogens (tertiary/aromatic N) is 4. The number of benzene rings is 3. The van der Waals surface area contributed by atoms with Gasteiger partial charge >= 0.3 is 6.03 Å². The first-order valence-corrected chi connectivity index (χ1v) is 10.1. The highest BCUT2D eigenvalue weighted by molar-refractivity contribution is 6.09. The average Bonchev–Trinajstić information content (AvgIpc) is 3.38. The molecular formula is C23H17N5O5. The van der Waals surface area contributed by atoms with Crippen molar-refractivity contribution in [3.63, 3.8) is 0 Å². The standard InChI is InChI=1S/C23H17N5O5/c1-23(18-8-4-6-14-5-2-3-7-17(14)18)21(29)27(22(30)25-23)13-19-24-20(26-33-19)15-9-11-16(12-10-15)28(31)32/h2-12H,13H2,1H3,(H,25,30). The van der Waals surface area contributed by atoms with E-state index < -0.39 is 22.4 Å². The van der Waals surface area contributed by atoms with E-state index in [2.05, 4.69) is 15.5 Å².